The average molecular weight is 312 g/mol. The molecular weight excluding hydrogens is 296 g/mol. The highest BCUT2D eigenvalue weighted by molar-refractivity contribution is 7.89. The van der Waals surface area contributed by atoms with Crippen molar-refractivity contribution in [3.63, 3.8) is 0 Å². The third-order valence-corrected chi connectivity index (χ3v) is 4.33. The van der Waals surface area contributed by atoms with Crippen molar-refractivity contribution in [1.82, 2.24) is 4.72 Å². The molecule has 1 aromatic carbocycles. The van der Waals surface area contributed by atoms with Crippen molar-refractivity contribution in [2.75, 3.05) is 6.54 Å². The van der Waals surface area contributed by atoms with Gasteiger partial charge in [0.05, 0.1) is 28.6 Å². The minimum atomic E-state index is -3.95. The molecule has 1 aromatic rings. The third-order valence-electron chi connectivity index (χ3n) is 2.78. The van der Waals surface area contributed by atoms with Gasteiger partial charge in [-0.05, 0) is 31.5 Å². The summed E-state index contributed by atoms with van der Waals surface area (Å²) >= 11 is 0. The van der Waals surface area contributed by atoms with Crippen molar-refractivity contribution < 1.29 is 23.4 Å². The van der Waals surface area contributed by atoms with Crippen molar-refractivity contribution in [3.05, 3.63) is 29.3 Å². The maximum absolute atomic E-state index is 12.2. The van der Waals surface area contributed by atoms with Crippen molar-refractivity contribution in [1.29, 1.82) is 5.26 Å². The van der Waals surface area contributed by atoms with Crippen LogP contribution in [0.5, 0.6) is 0 Å². The lowest BCUT2D eigenvalue weighted by molar-refractivity contribution is -0.141. The minimum Gasteiger partial charge on any atom is -0.481 e. The van der Waals surface area contributed by atoms with Crippen molar-refractivity contribution in [3.8, 4) is 6.07 Å². The van der Waals surface area contributed by atoms with Crippen LogP contribution >= 0.6 is 0 Å². The summed E-state index contributed by atoms with van der Waals surface area (Å²) in [4.78, 5) is 10.5. The fraction of sp³-hybridized carbons (Fsp3) is 0.385. The first-order valence-electron chi connectivity index (χ1n) is 6.02. The molecule has 0 spiro atoms. The Morgan fingerprint density at radius 2 is 2.10 bits per heavy atom. The molecule has 0 heterocycles. The molecule has 3 N–H and O–H groups in total. The lowest BCUT2D eigenvalue weighted by Crippen LogP contribution is -2.42. The predicted molar refractivity (Wildman–Crippen MR) is 74.0 cm³/mol. The number of hydrogen-bond acceptors (Lipinski definition) is 5. The van der Waals surface area contributed by atoms with E-state index < -0.39 is 34.6 Å². The number of sulfonamides is 1. The first-order chi connectivity index (χ1) is 9.57. The van der Waals surface area contributed by atoms with E-state index in [9.17, 15) is 18.3 Å². The van der Waals surface area contributed by atoms with Crippen LogP contribution in [-0.4, -0.2) is 36.7 Å². The molecule has 0 fully saturated rings. The Kier molecular flexibility index (Phi) is 5.06. The molecule has 114 valence electrons. The molecular formula is C13H16N2O5S. The first-order valence-corrected chi connectivity index (χ1v) is 7.50. The molecule has 0 aliphatic rings. The summed E-state index contributed by atoms with van der Waals surface area (Å²) in [6.45, 7) is 2.35. The molecule has 1 rings (SSSR count). The van der Waals surface area contributed by atoms with Crippen LogP contribution in [-0.2, 0) is 14.8 Å². The minimum absolute atomic E-state index is 0.0762. The Morgan fingerprint density at radius 3 is 2.62 bits per heavy atom. The number of nitrogens with one attached hydrogen (secondary N) is 1. The number of carbonyl (C=O) groups is 1. The lowest BCUT2D eigenvalue weighted by Gasteiger charge is -2.21. The molecule has 1 atom stereocenters. The summed E-state index contributed by atoms with van der Waals surface area (Å²) < 4.78 is 26.5. The maximum atomic E-state index is 12.2. The number of aryl methyl sites for hydroxylation is 1. The van der Waals surface area contributed by atoms with Crippen molar-refractivity contribution in [2.24, 2.45) is 0 Å². The summed E-state index contributed by atoms with van der Waals surface area (Å²) in [5.74, 6) is -1.23. The monoisotopic (exact) mass is 312 g/mol. The molecule has 21 heavy (non-hydrogen) atoms. The number of nitrogens with zero attached hydrogens (tertiary/aromatic N) is 1. The molecule has 0 saturated heterocycles. The molecule has 0 radical (unpaired) electrons. The van der Waals surface area contributed by atoms with E-state index in [2.05, 4.69) is 4.72 Å². The molecule has 0 saturated carbocycles. The van der Waals surface area contributed by atoms with Crippen LogP contribution < -0.4 is 4.72 Å². The van der Waals surface area contributed by atoms with Crippen LogP contribution in [0.2, 0.25) is 0 Å². The summed E-state index contributed by atoms with van der Waals surface area (Å²) in [5, 5.41) is 27.2. The van der Waals surface area contributed by atoms with Crippen molar-refractivity contribution >= 4 is 16.0 Å². The zero-order chi connectivity index (χ0) is 16.3. The van der Waals surface area contributed by atoms with Crippen LogP contribution in [0.15, 0.2) is 23.1 Å². The number of carboxylic acid groups (broad SMARTS) is 1. The second-order valence-corrected chi connectivity index (χ2v) is 6.72. The fourth-order valence-electron chi connectivity index (χ4n) is 1.68. The summed E-state index contributed by atoms with van der Waals surface area (Å²) in [7, 11) is -3.95. The average Bonchev–Trinajstić information content (AvgIpc) is 2.36. The molecule has 7 nitrogen and oxygen atoms in total. The Labute approximate surface area is 122 Å². The molecule has 0 bridgehead atoms. The van der Waals surface area contributed by atoms with E-state index in [-0.39, 0.29) is 10.5 Å². The van der Waals surface area contributed by atoms with E-state index in [4.69, 9.17) is 10.4 Å². The Bertz CT molecular complexity index is 689. The van der Waals surface area contributed by atoms with Crippen molar-refractivity contribution in [2.45, 2.75) is 30.8 Å². The van der Waals surface area contributed by atoms with Gasteiger partial charge in [0.1, 0.15) is 0 Å². The number of benzene rings is 1. The van der Waals surface area contributed by atoms with Gasteiger partial charge in [-0.2, -0.15) is 5.26 Å². The zero-order valence-electron chi connectivity index (χ0n) is 11.6. The van der Waals surface area contributed by atoms with Crippen LogP contribution in [0.1, 0.15) is 24.5 Å². The SMILES string of the molecule is Cc1ccc(C#N)cc1S(=O)(=O)NCC(C)(O)CC(=O)O. The smallest absolute Gasteiger partial charge is 0.306 e. The topological polar surface area (TPSA) is 127 Å². The van der Waals surface area contributed by atoms with Crippen LogP contribution in [0.25, 0.3) is 0 Å². The maximum Gasteiger partial charge on any atom is 0.306 e. The standard InChI is InChI=1S/C13H16N2O5S/c1-9-3-4-10(7-14)5-11(9)21(19,20)15-8-13(2,18)6-12(16)17/h3-5,15,18H,6,8H2,1-2H3,(H,16,17). The molecule has 8 heteroatoms. The van der Waals surface area contributed by atoms with Gasteiger partial charge in [0.25, 0.3) is 0 Å². The Balaban J connectivity index is 2.98. The molecule has 0 aliphatic carbocycles. The third kappa shape index (κ3) is 4.82. The van der Waals surface area contributed by atoms with E-state index in [1.165, 1.54) is 25.1 Å². The first kappa shape index (κ1) is 17.1. The van der Waals surface area contributed by atoms with E-state index in [1.54, 1.807) is 6.92 Å². The molecule has 0 aliphatic heterocycles. The Hall–Kier alpha value is -1.95. The number of rotatable bonds is 6. The van der Waals surface area contributed by atoms with Crippen LogP contribution in [0, 0.1) is 18.3 Å². The number of carboxylic acids is 1. The fourth-order valence-corrected chi connectivity index (χ4v) is 3.11. The quantitative estimate of drug-likeness (QED) is 0.696. The van der Waals surface area contributed by atoms with E-state index >= 15 is 0 Å². The van der Waals surface area contributed by atoms with E-state index in [0.29, 0.717) is 5.56 Å². The second-order valence-electron chi connectivity index (χ2n) is 4.98. The highest BCUT2D eigenvalue weighted by atomic mass is 32.2. The largest absolute Gasteiger partial charge is 0.481 e. The Morgan fingerprint density at radius 1 is 1.48 bits per heavy atom. The zero-order valence-corrected chi connectivity index (χ0v) is 12.4. The predicted octanol–water partition coefficient (Wildman–Crippen LogP) is 0.371. The van der Waals surface area contributed by atoms with Crippen LogP contribution in [0.3, 0.4) is 0 Å². The molecule has 1 unspecified atom stereocenters. The van der Waals surface area contributed by atoms with Gasteiger partial charge < -0.3 is 10.2 Å². The summed E-state index contributed by atoms with van der Waals surface area (Å²) in [5.41, 5.74) is -1.07. The highest BCUT2D eigenvalue weighted by Gasteiger charge is 2.27. The number of nitriles is 1. The van der Waals surface area contributed by atoms with Gasteiger partial charge in [-0.3, -0.25) is 4.79 Å². The van der Waals surface area contributed by atoms with Gasteiger partial charge in [-0.15, -0.1) is 0 Å². The highest BCUT2D eigenvalue weighted by Crippen LogP contribution is 2.17. The van der Waals surface area contributed by atoms with E-state index in [1.807, 2.05) is 6.07 Å². The summed E-state index contributed by atoms with van der Waals surface area (Å²) in [6.07, 6.45) is -0.591. The van der Waals surface area contributed by atoms with Gasteiger partial charge >= 0.3 is 5.97 Å². The summed E-state index contributed by atoms with van der Waals surface area (Å²) in [6, 6.07) is 6.07. The van der Waals surface area contributed by atoms with Gasteiger partial charge in [-0.25, -0.2) is 13.1 Å². The molecule has 0 aromatic heterocycles. The number of aliphatic hydroxyl groups is 1. The number of hydrogen-bond donors (Lipinski definition) is 3. The van der Waals surface area contributed by atoms with Gasteiger partial charge in [0.2, 0.25) is 10.0 Å². The number of aliphatic carboxylic acids is 1. The van der Waals surface area contributed by atoms with E-state index in [0.717, 1.165) is 0 Å². The van der Waals surface area contributed by atoms with Crippen LogP contribution in [0.4, 0.5) is 0 Å². The van der Waals surface area contributed by atoms with Gasteiger partial charge in [0, 0.05) is 6.54 Å². The lowest BCUT2D eigenvalue weighted by atomic mass is 10.0. The second kappa shape index (κ2) is 6.22. The van der Waals surface area contributed by atoms with Gasteiger partial charge in [0.15, 0.2) is 0 Å². The normalized spacial score (nSPS) is 14.2. The van der Waals surface area contributed by atoms with Gasteiger partial charge in [-0.1, -0.05) is 6.07 Å². The molecule has 0 amide bonds.